The van der Waals surface area contributed by atoms with Crippen LogP contribution in [0.3, 0.4) is 0 Å². The highest BCUT2D eigenvalue weighted by atomic mass is 32.2. The van der Waals surface area contributed by atoms with Gasteiger partial charge in [0.25, 0.3) is 0 Å². The van der Waals surface area contributed by atoms with Crippen molar-refractivity contribution in [1.29, 1.82) is 0 Å². The Balaban J connectivity index is 4.28. The third kappa shape index (κ3) is 1.95. The van der Waals surface area contributed by atoms with Gasteiger partial charge in [-0.05, 0) is 12.5 Å². The standard InChI is InChI=1S/C4H6F4S2/c1-9-3(5,6)4(7,8)10-2/h1-2H3. The Kier molecular flexibility index (Phi) is 3.35. The summed E-state index contributed by atoms with van der Waals surface area (Å²) >= 11 is -0.291. The van der Waals surface area contributed by atoms with E-state index in [0.29, 0.717) is 0 Å². The van der Waals surface area contributed by atoms with Crippen LogP contribution in [0.2, 0.25) is 0 Å². The van der Waals surface area contributed by atoms with E-state index in [4.69, 9.17) is 0 Å². The van der Waals surface area contributed by atoms with E-state index in [9.17, 15) is 17.6 Å². The Morgan fingerprint density at radius 2 is 1.00 bits per heavy atom. The molecule has 0 atom stereocenters. The van der Waals surface area contributed by atoms with Crippen molar-refractivity contribution in [3.8, 4) is 0 Å². The minimum absolute atomic E-state index is 0.146. The lowest BCUT2D eigenvalue weighted by atomic mass is 10.7. The zero-order chi connectivity index (χ0) is 8.41. The summed E-state index contributed by atoms with van der Waals surface area (Å²) in [4.78, 5) is 0. The van der Waals surface area contributed by atoms with Crippen LogP contribution in [-0.2, 0) is 0 Å². The van der Waals surface area contributed by atoms with Crippen molar-refractivity contribution >= 4 is 23.5 Å². The average Bonchev–Trinajstić information content (AvgIpc) is 1.88. The third-order valence-corrected chi connectivity index (χ3v) is 2.52. The molecule has 0 rings (SSSR count). The lowest BCUT2D eigenvalue weighted by Crippen LogP contribution is -2.33. The number of thioether (sulfide) groups is 2. The fourth-order valence-corrected chi connectivity index (χ4v) is 1.21. The van der Waals surface area contributed by atoms with E-state index in [1.165, 1.54) is 0 Å². The number of alkyl halides is 4. The second-order valence-electron chi connectivity index (χ2n) is 1.44. The topological polar surface area (TPSA) is 0 Å². The summed E-state index contributed by atoms with van der Waals surface area (Å²) < 4.78 is 48.5. The van der Waals surface area contributed by atoms with E-state index in [2.05, 4.69) is 0 Å². The number of hydrogen-bond acceptors (Lipinski definition) is 2. The first kappa shape index (κ1) is 10.4. The molecule has 0 aliphatic carbocycles. The molecular formula is C4H6F4S2. The summed E-state index contributed by atoms with van der Waals surface area (Å²) in [5.74, 6) is 0. The average molecular weight is 194 g/mol. The first-order chi connectivity index (χ1) is 4.37. The first-order valence-electron chi connectivity index (χ1n) is 2.23. The maximum atomic E-state index is 12.1. The van der Waals surface area contributed by atoms with Gasteiger partial charge < -0.3 is 0 Å². The highest BCUT2D eigenvalue weighted by Crippen LogP contribution is 2.47. The van der Waals surface area contributed by atoms with Crippen molar-refractivity contribution in [1.82, 2.24) is 0 Å². The van der Waals surface area contributed by atoms with Gasteiger partial charge in [-0.1, -0.05) is 23.5 Å². The van der Waals surface area contributed by atoms with Crippen LogP contribution in [0.25, 0.3) is 0 Å². The van der Waals surface area contributed by atoms with Crippen molar-refractivity contribution in [2.75, 3.05) is 12.5 Å². The molecule has 0 aliphatic rings. The molecular weight excluding hydrogens is 188 g/mol. The monoisotopic (exact) mass is 194 g/mol. The van der Waals surface area contributed by atoms with Gasteiger partial charge >= 0.3 is 10.5 Å². The van der Waals surface area contributed by atoms with Crippen LogP contribution in [-0.4, -0.2) is 23.0 Å². The lowest BCUT2D eigenvalue weighted by Gasteiger charge is -2.21. The molecule has 0 nitrogen and oxygen atoms in total. The molecule has 0 aliphatic heterocycles. The summed E-state index contributed by atoms with van der Waals surface area (Å²) in [7, 11) is 0. The van der Waals surface area contributed by atoms with Gasteiger partial charge in [0.05, 0.1) is 0 Å². The van der Waals surface area contributed by atoms with Gasteiger partial charge in [0.15, 0.2) is 0 Å². The summed E-state index contributed by atoms with van der Waals surface area (Å²) in [6.45, 7) is 0. The molecule has 0 N–H and O–H groups in total. The molecule has 0 spiro atoms. The second-order valence-corrected chi connectivity index (χ2v) is 3.28. The van der Waals surface area contributed by atoms with Gasteiger partial charge in [-0.25, -0.2) is 0 Å². The minimum Gasteiger partial charge on any atom is -0.186 e. The summed E-state index contributed by atoms with van der Waals surface area (Å²) in [6, 6.07) is 0. The maximum absolute atomic E-state index is 12.1. The van der Waals surface area contributed by atoms with E-state index < -0.39 is 10.5 Å². The van der Waals surface area contributed by atoms with Gasteiger partial charge in [-0.15, -0.1) is 0 Å². The molecule has 0 amide bonds. The predicted molar refractivity (Wildman–Crippen MR) is 36.9 cm³/mol. The fourth-order valence-electron chi connectivity index (χ4n) is 0.238. The van der Waals surface area contributed by atoms with Crippen molar-refractivity contribution in [3.63, 3.8) is 0 Å². The van der Waals surface area contributed by atoms with Crippen LogP contribution >= 0.6 is 23.5 Å². The van der Waals surface area contributed by atoms with Crippen molar-refractivity contribution < 1.29 is 17.6 Å². The lowest BCUT2D eigenvalue weighted by molar-refractivity contribution is -0.0828. The Hall–Kier alpha value is 0.420. The van der Waals surface area contributed by atoms with Gasteiger partial charge in [-0.2, -0.15) is 17.6 Å². The number of halogens is 4. The summed E-state index contributed by atoms with van der Waals surface area (Å²) in [5.41, 5.74) is 0. The van der Waals surface area contributed by atoms with E-state index in [1.807, 2.05) is 0 Å². The molecule has 0 aromatic rings. The SMILES string of the molecule is CSC(F)(F)C(F)(F)SC. The molecule has 10 heavy (non-hydrogen) atoms. The molecule has 0 fully saturated rings. The molecule has 0 bridgehead atoms. The first-order valence-corrected chi connectivity index (χ1v) is 4.68. The fraction of sp³-hybridized carbons (Fsp3) is 1.00. The zero-order valence-corrected chi connectivity index (χ0v) is 6.96. The predicted octanol–water partition coefficient (Wildman–Crippen LogP) is 2.90. The maximum Gasteiger partial charge on any atom is 0.365 e. The Labute approximate surface area is 64.7 Å². The molecule has 0 radical (unpaired) electrons. The van der Waals surface area contributed by atoms with Gasteiger partial charge in [0, 0.05) is 0 Å². The minimum atomic E-state index is -3.97. The Morgan fingerprint density at radius 3 is 1.10 bits per heavy atom. The van der Waals surface area contributed by atoms with Crippen LogP contribution in [0, 0.1) is 0 Å². The van der Waals surface area contributed by atoms with Gasteiger partial charge in [0.1, 0.15) is 0 Å². The largest absolute Gasteiger partial charge is 0.365 e. The second kappa shape index (κ2) is 3.21. The van der Waals surface area contributed by atoms with E-state index in [1.54, 1.807) is 0 Å². The normalized spacial score (nSPS) is 13.8. The van der Waals surface area contributed by atoms with Crippen LogP contribution in [0.5, 0.6) is 0 Å². The Bertz CT molecular complexity index is 99.8. The molecule has 0 aromatic heterocycles. The van der Waals surface area contributed by atoms with Crippen molar-refractivity contribution in [3.05, 3.63) is 0 Å². The smallest absolute Gasteiger partial charge is 0.186 e. The van der Waals surface area contributed by atoms with Gasteiger partial charge in [0.2, 0.25) is 0 Å². The van der Waals surface area contributed by atoms with Crippen LogP contribution in [0.4, 0.5) is 17.6 Å². The quantitative estimate of drug-likeness (QED) is 0.633. The van der Waals surface area contributed by atoms with Crippen molar-refractivity contribution in [2.45, 2.75) is 10.5 Å². The van der Waals surface area contributed by atoms with E-state index in [-0.39, 0.29) is 23.5 Å². The zero-order valence-electron chi connectivity index (χ0n) is 5.33. The third-order valence-electron chi connectivity index (χ3n) is 0.852. The number of rotatable bonds is 3. The molecule has 62 valence electrons. The van der Waals surface area contributed by atoms with Crippen LogP contribution < -0.4 is 0 Å². The summed E-state index contributed by atoms with van der Waals surface area (Å²) in [5, 5.41) is -7.93. The highest BCUT2D eigenvalue weighted by Gasteiger charge is 2.55. The molecule has 0 saturated carbocycles. The van der Waals surface area contributed by atoms with Crippen molar-refractivity contribution in [2.24, 2.45) is 0 Å². The Morgan fingerprint density at radius 1 is 0.800 bits per heavy atom. The number of hydrogen-bond donors (Lipinski definition) is 0. The van der Waals surface area contributed by atoms with Crippen LogP contribution in [0.15, 0.2) is 0 Å². The summed E-state index contributed by atoms with van der Waals surface area (Å²) in [6.07, 6.45) is 1.90. The van der Waals surface area contributed by atoms with E-state index in [0.717, 1.165) is 12.5 Å². The van der Waals surface area contributed by atoms with E-state index >= 15 is 0 Å². The van der Waals surface area contributed by atoms with Gasteiger partial charge in [-0.3, -0.25) is 0 Å². The van der Waals surface area contributed by atoms with Crippen LogP contribution in [0.1, 0.15) is 0 Å². The molecule has 0 saturated heterocycles. The molecule has 0 aromatic carbocycles. The molecule has 6 heteroatoms. The highest BCUT2D eigenvalue weighted by molar-refractivity contribution is 8.03. The molecule has 0 unspecified atom stereocenters. The molecule has 0 heterocycles.